The van der Waals surface area contributed by atoms with Crippen LogP contribution in [0, 0.1) is 6.92 Å². The minimum atomic E-state index is 0.346. The quantitative estimate of drug-likeness (QED) is 0.873. The fourth-order valence-corrected chi connectivity index (χ4v) is 1.54. The molecule has 2 rings (SSSR count). The molecule has 1 heterocycles. The number of anilines is 2. The second kappa shape index (κ2) is 5.16. The first-order valence-corrected chi connectivity index (χ1v) is 5.62. The van der Waals surface area contributed by atoms with Crippen LogP contribution < -0.4 is 11.1 Å². The summed E-state index contributed by atoms with van der Waals surface area (Å²) >= 11 is 5.91. The number of benzene rings is 1. The van der Waals surface area contributed by atoms with Gasteiger partial charge < -0.3 is 15.5 Å². The molecule has 1 aromatic heterocycles. The molecule has 0 saturated heterocycles. The summed E-state index contributed by atoms with van der Waals surface area (Å²) < 4.78 is 5.37. The highest BCUT2D eigenvalue weighted by molar-refractivity contribution is 6.30. The highest BCUT2D eigenvalue weighted by Crippen LogP contribution is 2.23. The van der Waals surface area contributed by atoms with Crippen molar-refractivity contribution in [3.05, 3.63) is 34.7 Å². The van der Waals surface area contributed by atoms with Gasteiger partial charge in [0.25, 0.3) is 0 Å². The molecule has 0 bridgehead atoms. The molecule has 0 aliphatic carbocycles. The summed E-state index contributed by atoms with van der Waals surface area (Å²) in [4.78, 5) is 0. The number of aromatic nitrogens is 2. The van der Waals surface area contributed by atoms with Crippen molar-refractivity contribution >= 4 is 23.3 Å². The number of rotatable bonds is 4. The summed E-state index contributed by atoms with van der Waals surface area (Å²) in [5.74, 6) is 0.523. The monoisotopic (exact) mass is 252 g/mol. The van der Waals surface area contributed by atoms with E-state index >= 15 is 0 Å². The van der Waals surface area contributed by atoms with Crippen LogP contribution in [-0.4, -0.2) is 16.7 Å². The highest BCUT2D eigenvalue weighted by Gasteiger charge is 2.07. The lowest BCUT2D eigenvalue weighted by molar-refractivity contribution is 0.510. The fourth-order valence-electron chi connectivity index (χ4n) is 1.37. The molecule has 6 heteroatoms. The van der Waals surface area contributed by atoms with Gasteiger partial charge in [-0.3, -0.25) is 0 Å². The van der Waals surface area contributed by atoms with Crippen LogP contribution in [0.5, 0.6) is 0 Å². The maximum atomic E-state index is 5.91. The van der Waals surface area contributed by atoms with Crippen molar-refractivity contribution in [2.45, 2.75) is 13.3 Å². The molecular formula is C11H13ClN4O. The Balaban J connectivity index is 2.16. The third kappa shape index (κ3) is 2.95. The van der Waals surface area contributed by atoms with Gasteiger partial charge >= 0.3 is 6.01 Å². The van der Waals surface area contributed by atoms with Crippen LogP contribution in [0.25, 0.3) is 0 Å². The van der Waals surface area contributed by atoms with Crippen molar-refractivity contribution in [2.75, 3.05) is 11.9 Å². The number of nitrogens with one attached hydrogen (secondary N) is 1. The molecule has 5 nitrogen and oxygen atoms in total. The number of hydrogen-bond donors (Lipinski definition) is 2. The van der Waals surface area contributed by atoms with E-state index in [0.717, 1.165) is 11.3 Å². The van der Waals surface area contributed by atoms with Crippen molar-refractivity contribution in [2.24, 2.45) is 5.73 Å². The third-order valence-electron chi connectivity index (χ3n) is 2.27. The Bertz CT molecular complexity index is 512. The van der Waals surface area contributed by atoms with E-state index in [2.05, 4.69) is 15.5 Å². The van der Waals surface area contributed by atoms with E-state index in [4.69, 9.17) is 21.8 Å². The standard InChI is InChI=1S/C11H13ClN4O/c1-7-2-3-8(12)6-9(7)14-11-16-15-10(17-11)4-5-13/h2-3,6H,4-5,13H2,1H3,(H,14,16). The van der Waals surface area contributed by atoms with Crippen molar-refractivity contribution in [3.63, 3.8) is 0 Å². The number of aryl methyl sites for hydroxylation is 1. The first-order valence-electron chi connectivity index (χ1n) is 5.24. The summed E-state index contributed by atoms with van der Waals surface area (Å²) in [6.07, 6.45) is 0.573. The lowest BCUT2D eigenvalue weighted by Crippen LogP contribution is -2.02. The summed E-state index contributed by atoms with van der Waals surface area (Å²) in [6.45, 7) is 2.45. The van der Waals surface area contributed by atoms with Crippen LogP contribution in [-0.2, 0) is 6.42 Å². The SMILES string of the molecule is Cc1ccc(Cl)cc1Nc1nnc(CCN)o1. The van der Waals surface area contributed by atoms with Gasteiger partial charge in [-0.15, -0.1) is 5.10 Å². The molecule has 3 N–H and O–H groups in total. The van der Waals surface area contributed by atoms with E-state index in [1.807, 2.05) is 25.1 Å². The maximum Gasteiger partial charge on any atom is 0.320 e. The molecule has 0 saturated carbocycles. The molecule has 90 valence electrons. The third-order valence-corrected chi connectivity index (χ3v) is 2.50. The Morgan fingerprint density at radius 1 is 1.41 bits per heavy atom. The first-order chi connectivity index (χ1) is 8.19. The van der Waals surface area contributed by atoms with E-state index in [9.17, 15) is 0 Å². The Morgan fingerprint density at radius 3 is 3.00 bits per heavy atom. The predicted octanol–water partition coefficient (Wildman–Crippen LogP) is 2.28. The predicted molar refractivity (Wildman–Crippen MR) is 66.5 cm³/mol. The second-order valence-electron chi connectivity index (χ2n) is 3.62. The van der Waals surface area contributed by atoms with Crippen molar-refractivity contribution in [1.29, 1.82) is 0 Å². The molecule has 1 aromatic carbocycles. The minimum absolute atomic E-state index is 0.346. The zero-order valence-corrected chi connectivity index (χ0v) is 10.2. The normalized spacial score (nSPS) is 10.5. The van der Waals surface area contributed by atoms with Gasteiger partial charge in [0.2, 0.25) is 5.89 Å². The number of hydrogen-bond acceptors (Lipinski definition) is 5. The van der Waals surface area contributed by atoms with Crippen LogP contribution >= 0.6 is 11.6 Å². The molecule has 0 atom stereocenters. The summed E-state index contributed by atoms with van der Waals surface area (Å²) in [5, 5.41) is 11.4. The molecule has 0 aliphatic heterocycles. The van der Waals surface area contributed by atoms with Crippen LogP contribution in [0.15, 0.2) is 22.6 Å². The molecule has 0 unspecified atom stereocenters. The summed E-state index contributed by atoms with van der Waals surface area (Å²) in [7, 11) is 0. The Labute approximate surface area is 104 Å². The average Bonchev–Trinajstić information content (AvgIpc) is 2.72. The largest absolute Gasteiger partial charge is 0.408 e. The summed E-state index contributed by atoms with van der Waals surface area (Å²) in [5.41, 5.74) is 7.30. The molecule has 17 heavy (non-hydrogen) atoms. The van der Waals surface area contributed by atoms with Crippen LogP contribution in [0.3, 0.4) is 0 Å². The Morgan fingerprint density at radius 2 is 2.24 bits per heavy atom. The van der Waals surface area contributed by atoms with Gasteiger partial charge in [-0.1, -0.05) is 22.8 Å². The topological polar surface area (TPSA) is 77.0 Å². The Kier molecular flexibility index (Phi) is 3.61. The molecule has 0 amide bonds. The van der Waals surface area contributed by atoms with Gasteiger partial charge in [-0.25, -0.2) is 0 Å². The van der Waals surface area contributed by atoms with Crippen molar-refractivity contribution in [3.8, 4) is 0 Å². The van der Waals surface area contributed by atoms with E-state index in [1.54, 1.807) is 0 Å². The van der Waals surface area contributed by atoms with E-state index in [0.29, 0.717) is 29.9 Å². The van der Waals surface area contributed by atoms with E-state index in [1.165, 1.54) is 0 Å². The smallest absolute Gasteiger partial charge is 0.320 e. The molecule has 0 spiro atoms. The van der Waals surface area contributed by atoms with Gasteiger partial charge in [-0.05, 0) is 24.6 Å². The first kappa shape index (κ1) is 11.9. The van der Waals surface area contributed by atoms with Crippen LogP contribution in [0.1, 0.15) is 11.5 Å². The van der Waals surface area contributed by atoms with Gasteiger partial charge in [-0.2, -0.15) is 0 Å². The Hall–Kier alpha value is -1.59. The molecule has 0 radical (unpaired) electrons. The van der Waals surface area contributed by atoms with Gasteiger partial charge in [0.1, 0.15) is 0 Å². The van der Waals surface area contributed by atoms with Crippen molar-refractivity contribution < 1.29 is 4.42 Å². The second-order valence-corrected chi connectivity index (χ2v) is 4.06. The zero-order valence-electron chi connectivity index (χ0n) is 9.40. The van der Waals surface area contributed by atoms with Gasteiger partial charge in [0.05, 0.1) is 0 Å². The maximum absolute atomic E-state index is 5.91. The van der Waals surface area contributed by atoms with Gasteiger partial charge in [0.15, 0.2) is 0 Å². The van der Waals surface area contributed by atoms with Gasteiger partial charge in [0, 0.05) is 23.7 Å². The number of nitrogens with two attached hydrogens (primary N) is 1. The lowest BCUT2D eigenvalue weighted by atomic mass is 10.2. The minimum Gasteiger partial charge on any atom is -0.408 e. The number of halogens is 1. The van der Waals surface area contributed by atoms with Crippen LogP contribution in [0.4, 0.5) is 11.7 Å². The molecule has 2 aromatic rings. The van der Waals surface area contributed by atoms with E-state index in [-0.39, 0.29) is 0 Å². The summed E-state index contributed by atoms with van der Waals surface area (Å²) in [6, 6.07) is 5.90. The highest BCUT2D eigenvalue weighted by atomic mass is 35.5. The lowest BCUT2D eigenvalue weighted by Gasteiger charge is -2.05. The zero-order chi connectivity index (χ0) is 12.3. The fraction of sp³-hybridized carbons (Fsp3) is 0.273. The average molecular weight is 253 g/mol. The van der Waals surface area contributed by atoms with Crippen LogP contribution in [0.2, 0.25) is 5.02 Å². The molecule has 0 aliphatic rings. The van der Waals surface area contributed by atoms with E-state index < -0.39 is 0 Å². The van der Waals surface area contributed by atoms with Crippen molar-refractivity contribution in [1.82, 2.24) is 10.2 Å². The molecule has 0 fully saturated rings. The molecular weight excluding hydrogens is 240 g/mol. The number of nitrogens with zero attached hydrogens (tertiary/aromatic N) is 2.